The molecule has 1 aromatic carbocycles. The SMILES string of the molecule is C[C@@H](OC(=O)CN1C(=O)N[C@@](C)(C2CC2)C1=O)C(=O)Nc1ccc(Cl)cc1. The lowest BCUT2D eigenvalue weighted by molar-refractivity contribution is -0.155. The highest BCUT2D eigenvalue weighted by Crippen LogP contribution is 2.42. The Morgan fingerprint density at radius 3 is 2.56 bits per heavy atom. The number of carbonyl (C=O) groups is 4. The van der Waals surface area contributed by atoms with E-state index in [0.717, 1.165) is 17.7 Å². The minimum absolute atomic E-state index is 0.0963. The fraction of sp³-hybridized carbons (Fsp3) is 0.444. The smallest absolute Gasteiger partial charge is 0.327 e. The number of anilines is 1. The minimum Gasteiger partial charge on any atom is -0.451 e. The fourth-order valence-corrected chi connectivity index (χ4v) is 3.12. The van der Waals surface area contributed by atoms with Gasteiger partial charge in [-0.25, -0.2) is 4.79 Å². The number of imide groups is 1. The molecule has 1 heterocycles. The molecule has 0 radical (unpaired) electrons. The molecule has 3 rings (SSSR count). The van der Waals surface area contributed by atoms with Crippen molar-refractivity contribution >= 4 is 41.1 Å². The maximum atomic E-state index is 12.5. The molecule has 9 heteroatoms. The molecule has 2 aliphatic rings. The largest absolute Gasteiger partial charge is 0.451 e. The van der Waals surface area contributed by atoms with Gasteiger partial charge in [-0.1, -0.05) is 11.6 Å². The molecule has 27 heavy (non-hydrogen) atoms. The van der Waals surface area contributed by atoms with Crippen molar-refractivity contribution in [3.63, 3.8) is 0 Å². The Morgan fingerprint density at radius 2 is 1.96 bits per heavy atom. The van der Waals surface area contributed by atoms with Crippen LogP contribution in [0.4, 0.5) is 10.5 Å². The molecule has 0 bridgehead atoms. The van der Waals surface area contributed by atoms with Crippen LogP contribution in [0.5, 0.6) is 0 Å². The van der Waals surface area contributed by atoms with Gasteiger partial charge in [-0.2, -0.15) is 0 Å². The first-order valence-corrected chi connectivity index (χ1v) is 8.98. The van der Waals surface area contributed by atoms with Gasteiger partial charge in [0.1, 0.15) is 12.1 Å². The molecule has 8 nitrogen and oxygen atoms in total. The number of rotatable bonds is 6. The molecule has 2 atom stereocenters. The summed E-state index contributed by atoms with van der Waals surface area (Å²) < 4.78 is 5.06. The number of halogens is 1. The summed E-state index contributed by atoms with van der Waals surface area (Å²) in [5.41, 5.74) is -0.462. The number of amides is 4. The second-order valence-corrected chi connectivity index (χ2v) is 7.36. The van der Waals surface area contributed by atoms with Gasteiger partial charge in [0.25, 0.3) is 11.8 Å². The lowest BCUT2D eigenvalue weighted by atomic mass is 9.96. The molecule has 2 fully saturated rings. The van der Waals surface area contributed by atoms with Crippen molar-refractivity contribution in [3.05, 3.63) is 29.3 Å². The number of carbonyl (C=O) groups excluding carboxylic acids is 4. The first kappa shape index (κ1) is 19.2. The number of ether oxygens (including phenoxy) is 1. The Labute approximate surface area is 161 Å². The minimum atomic E-state index is -1.09. The molecular formula is C18H20ClN3O5. The van der Waals surface area contributed by atoms with Crippen LogP contribution in [0.1, 0.15) is 26.7 Å². The van der Waals surface area contributed by atoms with Crippen molar-refractivity contribution in [1.82, 2.24) is 10.2 Å². The van der Waals surface area contributed by atoms with Crippen LogP contribution in [-0.2, 0) is 19.1 Å². The number of nitrogens with zero attached hydrogens (tertiary/aromatic N) is 1. The van der Waals surface area contributed by atoms with E-state index in [-0.39, 0.29) is 5.92 Å². The summed E-state index contributed by atoms with van der Waals surface area (Å²) in [5, 5.41) is 5.76. The molecular weight excluding hydrogens is 374 g/mol. The summed E-state index contributed by atoms with van der Waals surface area (Å²) in [6.07, 6.45) is 0.634. The molecule has 2 N–H and O–H groups in total. The average Bonchev–Trinajstić information content (AvgIpc) is 3.43. The van der Waals surface area contributed by atoms with Crippen LogP contribution in [0.3, 0.4) is 0 Å². The van der Waals surface area contributed by atoms with E-state index in [4.69, 9.17) is 16.3 Å². The van der Waals surface area contributed by atoms with Gasteiger partial charge in [0.05, 0.1) is 0 Å². The van der Waals surface area contributed by atoms with Crippen LogP contribution in [-0.4, -0.2) is 46.9 Å². The van der Waals surface area contributed by atoms with Gasteiger partial charge in [-0.3, -0.25) is 19.3 Å². The summed E-state index contributed by atoms with van der Waals surface area (Å²) in [6.45, 7) is 2.54. The quantitative estimate of drug-likeness (QED) is 0.567. The molecule has 1 aliphatic carbocycles. The van der Waals surface area contributed by atoms with Crippen LogP contribution in [0.15, 0.2) is 24.3 Å². The molecule has 1 saturated heterocycles. The van der Waals surface area contributed by atoms with E-state index in [9.17, 15) is 19.2 Å². The predicted molar refractivity (Wildman–Crippen MR) is 97.0 cm³/mol. The number of nitrogens with one attached hydrogen (secondary N) is 2. The Morgan fingerprint density at radius 1 is 1.33 bits per heavy atom. The normalized spacial score (nSPS) is 23.0. The Kier molecular flexibility index (Phi) is 5.10. The van der Waals surface area contributed by atoms with Crippen LogP contribution < -0.4 is 10.6 Å². The van der Waals surface area contributed by atoms with Crippen molar-refractivity contribution in [2.45, 2.75) is 38.3 Å². The van der Waals surface area contributed by atoms with Gasteiger partial charge in [-0.15, -0.1) is 0 Å². The van der Waals surface area contributed by atoms with Crippen molar-refractivity contribution in [1.29, 1.82) is 0 Å². The monoisotopic (exact) mass is 393 g/mol. The third-order valence-electron chi connectivity index (χ3n) is 4.77. The molecule has 4 amide bonds. The van der Waals surface area contributed by atoms with E-state index < -0.39 is 42.0 Å². The van der Waals surface area contributed by atoms with Crippen LogP contribution in [0.25, 0.3) is 0 Å². The molecule has 1 aromatic rings. The molecule has 0 aromatic heterocycles. The summed E-state index contributed by atoms with van der Waals surface area (Å²) in [4.78, 5) is 49.6. The van der Waals surface area contributed by atoms with Gasteiger partial charge in [-0.05, 0) is 56.9 Å². The van der Waals surface area contributed by atoms with E-state index in [2.05, 4.69) is 10.6 Å². The summed E-state index contributed by atoms with van der Waals surface area (Å²) in [5.74, 6) is -1.72. The third kappa shape index (κ3) is 4.05. The summed E-state index contributed by atoms with van der Waals surface area (Å²) in [6, 6.07) is 5.83. The van der Waals surface area contributed by atoms with Gasteiger partial charge in [0.15, 0.2) is 6.10 Å². The second kappa shape index (κ2) is 7.19. The van der Waals surface area contributed by atoms with E-state index >= 15 is 0 Å². The summed E-state index contributed by atoms with van der Waals surface area (Å²) >= 11 is 5.78. The standard InChI is InChI=1S/C18H20ClN3O5/c1-10(15(24)20-13-7-5-12(19)6-8-13)27-14(23)9-22-16(25)18(2,11-3-4-11)21-17(22)26/h5-8,10-11H,3-4,9H2,1-2H3,(H,20,24)(H,21,26)/t10-,18+/m1/s1. The van der Waals surface area contributed by atoms with E-state index in [1.54, 1.807) is 31.2 Å². The van der Waals surface area contributed by atoms with Crippen LogP contribution in [0.2, 0.25) is 5.02 Å². The van der Waals surface area contributed by atoms with Gasteiger partial charge >= 0.3 is 12.0 Å². The zero-order valence-electron chi connectivity index (χ0n) is 15.0. The lowest BCUT2D eigenvalue weighted by Gasteiger charge is -2.21. The van der Waals surface area contributed by atoms with E-state index in [1.165, 1.54) is 6.92 Å². The van der Waals surface area contributed by atoms with Gasteiger partial charge in [0, 0.05) is 10.7 Å². The maximum Gasteiger partial charge on any atom is 0.327 e. The first-order valence-electron chi connectivity index (χ1n) is 8.60. The zero-order chi connectivity index (χ0) is 19.8. The second-order valence-electron chi connectivity index (χ2n) is 6.93. The lowest BCUT2D eigenvalue weighted by Crippen LogP contribution is -2.46. The highest BCUT2D eigenvalue weighted by molar-refractivity contribution is 6.30. The number of urea groups is 1. The molecule has 1 saturated carbocycles. The number of esters is 1. The van der Waals surface area contributed by atoms with Crippen molar-refractivity contribution in [2.75, 3.05) is 11.9 Å². The van der Waals surface area contributed by atoms with Crippen LogP contribution in [0, 0.1) is 5.92 Å². The molecule has 144 valence electrons. The summed E-state index contributed by atoms with van der Waals surface area (Å²) in [7, 11) is 0. The molecule has 0 spiro atoms. The highest BCUT2D eigenvalue weighted by Gasteiger charge is 2.56. The van der Waals surface area contributed by atoms with Crippen LogP contribution >= 0.6 is 11.6 Å². The predicted octanol–water partition coefficient (Wildman–Crippen LogP) is 1.93. The Balaban J connectivity index is 1.54. The number of hydrogen-bond donors (Lipinski definition) is 2. The van der Waals surface area contributed by atoms with Crippen molar-refractivity contribution in [2.24, 2.45) is 5.92 Å². The Bertz CT molecular complexity index is 793. The Hall–Kier alpha value is -2.61. The number of benzene rings is 1. The maximum absolute atomic E-state index is 12.5. The highest BCUT2D eigenvalue weighted by atomic mass is 35.5. The van der Waals surface area contributed by atoms with E-state index in [1.807, 2.05) is 0 Å². The van der Waals surface area contributed by atoms with Gasteiger partial charge in [0.2, 0.25) is 0 Å². The third-order valence-corrected chi connectivity index (χ3v) is 5.02. The zero-order valence-corrected chi connectivity index (χ0v) is 15.7. The van der Waals surface area contributed by atoms with Crippen molar-refractivity contribution in [3.8, 4) is 0 Å². The fourth-order valence-electron chi connectivity index (χ4n) is 2.99. The van der Waals surface area contributed by atoms with E-state index in [0.29, 0.717) is 10.7 Å². The molecule has 0 unspecified atom stereocenters. The number of hydrogen-bond acceptors (Lipinski definition) is 5. The van der Waals surface area contributed by atoms with Crippen molar-refractivity contribution < 1.29 is 23.9 Å². The average molecular weight is 394 g/mol. The first-order chi connectivity index (χ1) is 12.7. The van der Waals surface area contributed by atoms with Gasteiger partial charge < -0.3 is 15.4 Å². The molecule has 1 aliphatic heterocycles. The topological polar surface area (TPSA) is 105 Å².